The van der Waals surface area contributed by atoms with Crippen LogP contribution in [-0.2, 0) is 6.42 Å². The fourth-order valence-corrected chi connectivity index (χ4v) is 2.95. The van der Waals surface area contributed by atoms with Gasteiger partial charge in [0.2, 0.25) is 0 Å². The monoisotopic (exact) mass is 206 g/mol. The molecule has 1 unspecified atom stereocenters. The third kappa shape index (κ3) is 1.58. The second-order valence-electron chi connectivity index (χ2n) is 4.60. The van der Waals surface area contributed by atoms with Gasteiger partial charge in [0, 0.05) is 4.75 Å². The van der Waals surface area contributed by atoms with E-state index in [4.69, 9.17) is 0 Å². The first-order valence-electron chi connectivity index (χ1n) is 5.28. The molecule has 1 heteroatoms. The summed E-state index contributed by atoms with van der Waals surface area (Å²) in [4.78, 5) is 0. The molecule has 1 aromatic carbocycles. The minimum absolute atomic E-state index is 0.382. The molecular weight excluding hydrogens is 188 g/mol. The number of thioether (sulfide) groups is 1. The highest BCUT2D eigenvalue weighted by molar-refractivity contribution is 8.00. The Labute approximate surface area is 91.1 Å². The Morgan fingerprint density at radius 2 is 2.00 bits per heavy atom. The number of fused-ring (bicyclic) bond motifs is 1. The molecule has 1 aliphatic rings. The maximum atomic E-state index is 2.37. The van der Waals surface area contributed by atoms with Crippen molar-refractivity contribution in [3.63, 3.8) is 0 Å². The standard InChI is InChI=1S/C13H18S/c1-13(2,14-3)12-9-8-10-6-4-5-7-11(10)12/h4-7,12H,8-9H2,1-3H3. The van der Waals surface area contributed by atoms with E-state index in [0.717, 1.165) is 5.92 Å². The Morgan fingerprint density at radius 3 is 2.71 bits per heavy atom. The highest BCUT2D eigenvalue weighted by Gasteiger charge is 2.34. The molecule has 2 rings (SSSR count). The molecule has 0 aromatic heterocycles. The Bertz CT molecular complexity index is 328. The zero-order chi connectivity index (χ0) is 10.2. The molecule has 0 aliphatic heterocycles. The number of hydrogen-bond acceptors (Lipinski definition) is 1. The molecule has 0 nitrogen and oxygen atoms in total. The number of hydrogen-bond donors (Lipinski definition) is 0. The average Bonchev–Trinajstić information content (AvgIpc) is 2.61. The summed E-state index contributed by atoms with van der Waals surface area (Å²) in [6.45, 7) is 4.73. The summed E-state index contributed by atoms with van der Waals surface area (Å²) in [5, 5.41) is 0. The maximum Gasteiger partial charge on any atom is 0.0169 e. The van der Waals surface area contributed by atoms with E-state index < -0.39 is 0 Å². The largest absolute Gasteiger partial charge is 0.159 e. The van der Waals surface area contributed by atoms with Crippen molar-refractivity contribution in [1.82, 2.24) is 0 Å². The summed E-state index contributed by atoms with van der Waals surface area (Å²) in [5.74, 6) is 0.744. The second-order valence-corrected chi connectivity index (χ2v) is 6.06. The maximum absolute atomic E-state index is 2.37. The summed E-state index contributed by atoms with van der Waals surface area (Å²) in [5.41, 5.74) is 3.16. The van der Waals surface area contributed by atoms with E-state index >= 15 is 0 Å². The van der Waals surface area contributed by atoms with Gasteiger partial charge in [-0.15, -0.1) is 0 Å². The van der Waals surface area contributed by atoms with E-state index in [9.17, 15) is 0 Å². The molecule has 0 bridgehead atoms. The quantitative estimate of drug-likeness (QED) is 0.708. The van der Waals surface area contributed by atoms with Gasteiger partial charge in [0.05, 0.1) is 0 Å². The molecule has 0 saturated heterocycles. The van der Waals surface area contributed by atoms with E-state index in [2.05, 4.69) is 44.4 Å². The summed E-state index contributed by atoms with van der Waals surface area (Å²) in [6, 6.07) is 8.93. The minimum atomic E-state index is 0.382. The first kappa shape index (κ1) is 10.1. The second kappa shape index (κ2) is 3.62. The highest BCUT2D eigenvalue weighted by Crippen LogP contribution is 2.45. The van der Waals surface area contributed by atoms with E-state index in [-0.39, 0.29) is 0 Å². The lowest BCUT2D eigenvalue weighted by atomic mass is 9.89. The first-order valence-corrected chi connectivity index (χ1v) is 6.50. The van der Waals surface area contributed by atoms with Crippen LogP contribution in [0.5, 0.6) is 0 Å². The van der Waals surface area contributed by atoms with Crippen LogP contribution in [0.15, 0.2) is 24.3 Å². The highest BCUT2D eigenvalue weighted by atomic mass is 32.2. The van der Waals surface area contributed by atoms with Gasteiger partial charge in [0.15, 0.2) is 0 Å². The molecule has 0 spiro atoms. The average molecular weight is 206 g/mol. The molecule has 1 atom stereocenters. The van der Waals surface area contributed by atoms with Crippen LogP contribution < -0.4 is 0 Å². The zero-order valence-corrected chi connectivity index (χ0v) is 10.0. The third-order valence-electron chi connectivity index (χ3n) is 3.50. The Kier molecular flexibility index (Phi) is 2.61. The van der Waals surface area contributed by atoms with Crippen molar-refractivity contribution in [2.75, 3.05) is 6.26 Å². The molecule has 0 saturated carbocycles. The Morgan fingerprint density at radius 1 is 1.29 bits per heavy atom. The van der Waals surface area contributed by atoms with E-state index in [0.29, 0.717) is 4.75 Å². The summed E-state index contributed by atoms with van der Waals surface area (Å²) < 4.78 is 0.382. The normalized spacial score (nSPS) is 20.9. The van der Waals surface area contributed by atoms with Crippen LogP contribution in [0.1, 0.15) is 37.3 Å². The predicted octanol–water partition coefficient (Wildman–Crippen LogP) is 3.86. The van der Waals surface area contributed by atoms with Crippen LogP contribution in [0.2, 0.25) is 0 Å². The van der Waals surface area contributed by atoms with Crippen molar-refractivity contribution in [3.05, 3.63) is 35.4 Å². The molecule has 14 heavy (non-hydrogen) atoms. The van der Waals surface area contributed by atoms with Crippen LogP contribution in [0.25, 0.3) is 0 Å². The Hall–Kier alpha value is -0.430. The smallest absolute Gasteiger partial charge is 0.0169 e. The summed E-state index contributed by atoms with van der Waals surface area (Å²) in [6.07, 6.45) is 4.82. The van der Waals surface area contributed by atoms with Crippen LogP contribution in [0.3, 0.4) is 0 Å². The van der Waals surface area contributed by atoms with Gasteiger partial charge in [0.25, 0.3) is 0 Å². The van der Waals surface area contributed by atoms with Crippen LogP contribution in [0, 0.1) is 0 Å². The molecule has 1 aromatic rings. The van der Waals surface area contributed by atoms with Gasteiger partial charge >= 0.3 is 0 Å². The number of rotatable bonds is 2. The third-order valence-corrected chi connectivity index (χ3v) is 4.83. The van der Waals surface area contributed by atoms with Crippen LogP contribution >= 0.6 is 11.8 Å². The fraction of sp³-hybridized carbons (Fsp3) is 0.538. The molecule has 1 aliphatic carbocycles. The topological polar surface area (TPSA) is 0 Å². The summed E-state index contributed by atoms with van der Waals surface area (Å²) >= 11 is 1.99. The molecule has 0 N–H and O–H groups in total. The van der Waals surface area contributed by atoms with Gasteiger partial charge < -0.3 is 0 Å². The molecule has 0 radical (unpaired) electrons. The van der Waals surface area contributed by atoms with Crippen molar-refractivity contribution < 1.29 is 0 Å². The predicted molar refractivity (Wildman–Crippen MR) is 65.1 cm³/mol. The van der Waals surface area contributed by atoms with Gasteiger partial charge in [-0.05, 0) is 36.1 Å². The van der Waals surface area contributed by atoms with Gasteiger partial charge in [-0.1, -0.05) is 38.1 Å². The zero-order valence-electron chi connectivity index (χ0n) is 9.21. The molecule has 0 heterocycles. The molecule has 0 amide bonds. The van der Waals surface area contributed by atoms with Crippen molar-refractivity contribution in [2.45, 2.75) is 37.4 Å². The van der Waals surface area contributed by atoms with Gasteiger partial charge in [-0.2, -0.15) is 11.8 Å². The van der Waals surface area contributed by atoms with Crippen molar-refractivity contribution in [2.24, 2.45) is 0 Å². The Balaban J connectivity index is 2.35. The molecular formula is C13H18S. The van der Waals surface area contributed by atoms with Crippen molar-refractivity contribution >= 4 is 11.8 Å². The van der Waals surface area contributed by atoms with Gasteiger partial charge in [-0.25, -0.2) is 0 Å². The fourth-order valence-electron chi connectivity index (χ4n) is 2.42. The summed E-state index contributed by atoms with van der Waals surface area (Å²) in [7, 11) is 0. The molecule has 76 valence electrons. The van der Waals surface area contributed by atoms with E-state index in [1.54, 1.807) is 11.1 Å². The van der Waals surface area contributed by atoms with Crippen molar-refractivity contribution in [1.29, 1.82) is 0 Å². The lowest BCUT2D eigenvalue weighted by molar-refractivity contribution is 0.542. The SMILES string of the molecule is CSC(C)(C)C1CCc2ccccc21. The first-order chi connectivity index (χ1) is 6.65. The van der Waals surface area contributed by atoms with E-state index in [1.165, 1.54) is 12.8 Å². The number of aryl methyl sites for hydroxylation is 1. The number of benzene rings is 1. The van der Waals surface area contributed by atoms with E-state index in [1.807, 2.05) is 11.8 Å². The minimum Gasteiger partial charge on any atom is -0.159 e. The lowest BCUT2D eigenvalue weighted by Crippen LogP contribution is -2.23. The van der Waals surface area contributed by atoms with Crippen molar-refractivity contribution in [3.8, 4) is 0 Å². The van der Waals surface area contributed by atoms with Gasteiger partial charge in [0.1, 0.15) is 0 Å². The van der Waals surface area contributed by atoms with Crippen LogP contribution in [-0.4, -0.2) is 11.0 Å². The lowest BCUT2D eigenvalue weighted by Gasteiger charge is -2.30. The van der Waals surface area contributed by atoms with Gasteiger partial charge in [-0.3, -0.25) is 0 Å². The van der Waals surface area contributed by atoms with Crippen LogP contribution in [0.4, 0.5) is 0 Å². The molecule has 0 fully saturated rings.